The minimum Gasteiger partial charge on any atom is -0.466 e. The van der Waals surface area contributed by atoms with Crippen molar-refractivity contribution in [3.05, 3.63) is 24.3 Å². The molecule has 6 heteroatoms. The van der Waals surface area contributed by atoms with Crippen molar-refractivity contribution in [2.75, 3.05) is 13.2 Å². The lowest BCUT2D eigenvalue weighted by Crippen LogP contribution is -2.45. The lowest BCUT2D eigenvalue weighted by Gasteiger charge is -2.20. The Morgan fingerprint density at radius 1 is 0.307 bits per heavy atom. The third-order valence-electron chi connectivity index (χ3n) is 19.2. The van der Waals surface area contributed by atoms with Crippen molar-refractivity contribution in [3.8, 4) is 0 Å². The van der Waals surface area contributed by atoms with E-state index in [9.17, 15) is 19.8 Å². The summed E-state index contributed by atoms with van der Waals surface area (Å²) in [5.74, 6) is -0.0429. The number of esters is 1. The maximum Gasteiger partial charge on any atom is 0.305 e. The molecule has 1 amide bonds. The molecule has 2 atom stereocenters. The molecule has 0 aliphatic heterocycles. The topological polar surface area (TPSA) is 95.9 Å². The van der Waals surface area contributed by atoms with E-state index in [-0.39, 0.29) is 18.5 Å². The number of nitrogens with one attached hydrogen (secondary N) is 1. The van der Waals surface area contributed by atoms with Crippen molar-refractivity contribution >= 4 is 11.9 Å². The van der Waals surface area contributed by atoms with Crippen LogP contribution in [-0.2, 0) is 14.3 Å². The number of ether oxygens (including phenoxy) is 1. The first-order valence-corrected chi connectivity index (χ1v) is 40.6. The van der Waals surface area contributed by atoms with Crippen LogP contribution < -0.4 is 5.32 Å². The van der Waals surface area contributed by atoms with E-state index in [1.54, 1.807) is 6.08 Å². The molecule has 0 fully saturated rings. The van der Waals surface area contributed by atoms with Gasteiger partial charge in [-0.15, -0.1) is 0 Å². The van der Waals surface area contributed by atoms with E-state index in [0.717, 1.165) is 44.9 Å². The highest BCUT2D eigenvalue weighted by Gasteiger charge is 2.18. The van der Waals surface area contributed by atoms with E-state index in [2.05, 4.69) is 31.3 Å². The van der Waals surface area contributed by atoms with Gasteiger partial charge in [0.25, 0.3) is 0 Å². The summed E-state index contributed by atoms with van der Waals surface area (Å²) >= 11 is 0. The van der Waals surface area contributed by atoms with Gasteiger partial charge >= 0.3 is 5.97 Å². The van der Waals surface area contributed by atoms with E-state index in [1.165, 1.54) is 392 Å². The van der Waals surface area contributed by atoms with Crippen LogP contribution in [0.5, 0.6) is 0 Å². The largest absolute Gasteiger partial charge is 0.466 e. The van der Waals surface area contributed by atoms with Crippen LogP contribution in [-0.4, -0.2) is 47.4 Å². The van der Waals surface area contributed by atoms with Gasteiger partial charge in [0.15, 0.2) is 0 Å². The fourth-order valence-electron chi connectivity index (χ4n) is 13.0. The molecule has 0 aromatic rings. The highest BCUT2D eigenvalue weighted by atomic mass is 16.5. The Morgan fingerprint density at radius 2 is 0.534 bits per heavy atom. The molecule has 0 aromatic heterocycles. The summed E-state index contributed by atoms with van der Waals surface area (Å²) in [6.07, 6.45) is 100. The van der Waals surface area contributed by atoms with Gasteiger partial charge < -0.3 is 20.3 Å². The SMILES string of the molecule is CCCCCCCCC/C=C\CCCCCCCC(=O)OCCCCCCCCCCCCCCCCCCCCCCCCCCCCCCCCCCCC(=O)NC(CO)C(O)/C=C/CCCCCCCCCCCCCCCCCCCCCC. The molecular formula is C82H159NO5. The number of unbranched alkanes of at least 4 members (excludes halogenated alkanes) is 64. The van der Waals surface area contributed by atoms with Crippen LogP contribution in [0.1, 0.15) is 463 Å². The summed E-state index contributed by atoms with van der Waals surface area (Å²) < 4.78 is 5.50. The molecular weight excluding hydrogens is 1080 g/mol. The van der Waals surface area contributed by atoms with Gasteiger partial charge in [0.2, 0.25) is 5.91 Å². The van der Waals surface area contributed by atoms with Crippen LogP contribution in [0.2, 0.25) is 0 Å². The molecule has 0 spiro atoms. The van der Waals surface area contributed by atoms with Crippen LogP contribution in [0.3, 0.4) is 0 Å². The van der Waals surface area contributed by atoms with Crippen molar-refractivity contribution < 1.29 is 24.5 Å². The number of rotatable bonds is 77. The molecule has 0 radical (unpaired) electrons. The summed E-state index contributed by atoms with van der Waals surface area (Å²) in [4.78, 5) is 24.6. The van der Waals surface area contributed by atoms with Gasteiger partial charge in [0.1, 0.15) is 0 Å². The Kier molecular flexibility index (Phi) is 76.3. The van der Waals surface area contributed by atoms with Gasteiger partial charge in [-0.2, -0.15) is 0 Å². The van der Waals surface area contributed by atoms with Crippen molar-refractivity contribution in [3.63, 3.8) is 0 Å². The monoisotopic (exact) mass is 1240 g/mol. The average Bonchev–Trinajstić information content (AvgIpc) is 3.58. The van der Waals surface area contributed by atoms with Crippen molar-refractivity contribution in [1.29, 1.82) is 0 Å². The Labute approximate surface area is 551 Å². The molecule has 88 heavy (non-hydrogen) atoms. The molecule has 0 heterocycles. The maximum absolute atomic E-state index is 12.6. The van der Waals surface area contributed by atoms with E-state index >= 15 is 0 Å². The fraction of sp³-hybridized carbons (Fsp3) is 0.927. The Bertz CT molecular complexity index is 1380. The van der Waals surface area contributed by atoms with Gasteiger partial charge in [-0.1, -0.05) is 417 Å². The lowest BCUT2D eigenvalue weighted by atomic mass is 10.0. The van der Waals surface area contributed by atoms with Gasteiger partial charge in [-0.3, -0.25) is 9.59 Å². The Morgan fingerprint density at radius 3 is 0.807 bits per heavy atom. The highest BCUT2D eigenvalue weighted by molar-refractivity contribution is 5.76. The first-order chi connectivity index (χ1) is 43.5. The standard InChI is InChI=1S/C82H159NO5/c1-3-5-7-9-11-13-15-17-19-21-22-23-37-40-43-46-50-54-58-62-66-70-74-80(85)79(78-84)83-81(86)75-71-67-63-59-55-51-47-44-41-38-35-33-31-29-27-25-24-26-28-30-32-34-36-39-42-45-49-53-57-61-65-69-73-77-88-82(87)76-72-68-64-60-56-52-48-20-18-16-14-12-10-8-6-4-2/h20,48,70,74,79-80,84-85H,3-19,21-47,49-69,71-73,75-78H2,1-2H3,(H,83,86)/b48-20-,74-70+. The predicted molar refractivity (Wildman–Crippen MR) is 389 cm³/mol. The Hall–Kier alpha value is -1.66. The van der Waals surface area contributed by atoms with Gasteiger partial charge in [0, 0.05) is 12.8 Å². The normalized spacial score (nSPS) is 12.5. The molecule has 522 valence electrons. The molecule has 0 bridgehead atoms. The van der Waals surface area contributed by atoms with Crippen LogP contribution >= 0.6 is 0 Å². The first kappa shape index (κ1) is 86.3. The number of aliphatic hydroxyl groups is 2. The zero-order chi connectivity index (χ0) is 63.5. The highest BCUT2D eigenvalue weighted by Crippen LogP contribution is 2.20. The zero-order valence-electron chi connectivity index (χ0n) is 60.0. The molecule has 0 aromatic carbocycles. The average molecular weight is 1240 g/mol. The van der Waals surface area contributed by atoms with Crippen molar-refractivity contribution in [2.45, 2.75) is 475 Å². The van der Waals surface area contributed by atoms with Crippen LogP contribution in [0.4, 0.5) is 0 Å². The van der Waals surface area contributed by atoms with Crippen molar-refractivity contribution in [2.24, 2.45) is 0 Å². The van der Waals surface area contributed by atoms with Gasteiger partial charge in [-0.25, -0.2) is 0 Å². The van der Waals surface area contributed by atoms with Crippen molar-refractivity contribution in [1.82, 2.24) is 5.32 Å². The van der Waals surface area contributed by atoms with Crippen LogP contribution in [0.15, 0.2) is 24.3 Å². The van der Waals surface area contributed by atoms with E-state index in [0.29, 0.717) is 19.4 Å². The summed E-state index contributed by atoms with van der Waals surface area (Å²) in [7, 11) is 0. The number of hydrogen-bond acceptors (Lipinski definition) is 5. The number of carbonyl (C=O) groups is 2. The fourth-order valence-corrected chi connectivity index (χ4v) is 13.0. The van der Waals surface area contributed by atoms with E-state index < -0.39 is 12.1 Å². The zero-order valence-corrected chi connectivity index (χ0v) is 60.0. The third-order valence-corrected chi connectivity index (χ3v) is 19.2. The summed E-state index contributed by atoms with van der Waals surface area (Å²) in [5, 5.41) is 23.3. The molecule has 2 unspecified atom stereocenters. The minimum absolute atomic E-state index is 0.0151. The smallest absolute Gasteiger partial charge is 0.305 e. The predicted octanol–water partition coefficient (Wildman–Crippen LogP) is 26.8. The first-order valence-electron chi connectivity index (χ1n) is 40.6. The summed E-state index contributed by atoms with van der Waals surface area (Å²) in [6.45, 7) is 4.95. The Balaban J connectivity index is 3.34. The molecule has 6 nitrogen and oxygen atoms in total. The minimum atomic E-state index is -0.842. The number of hydrogen-bond donors (Lipinski definition) is 3. The second kappa shape index (κ2) is 77.8. The van der Waals surface area contributed by atoms with Crippen LogP contribution in [0.25, 0.3) is 0 Å². The second-order valence-corrected chi connectivity index (χ2v) is 28.1. The number of amides is 1. The molecule has 0 saturated heterocycles. The summed E-state index contributed by atoms with van der Waals surface area (Å²) in [5.41, 5.74) is 0. The van der Waals surface area contributed by atoms with E-state index in [1.807, 2.05) is 6.08 Å². The maximum atomic E-state index is 12.6. The lowest BCUT2D eigenvalue weighted by molar-refractivity contribution is -0.143. The van der Waals surface area contributed by atoms with E-state index in [4.69, 9.17) is 4.74 Å². The molecule has 0 rings (SSSR count). The number of aliphatic hydroxyl groups excluding tert-OH is 2. The van der Waals surface area contributed by atoms with Crippen LogP contribution in [0, 0.1) is 0 Å². The van der Waals surface area contributed by atoms with Gasteiger partial charge in [0.05, 0.1) is 25.4 Å². The number of carbonyl (C=O) groups excluding carboxylic acids is 2. The quantitative estimate of drug-likeness (QED) is 0.0320. The molecule has 0 saturated carbocycles. The second-order valence-electron chi connectivity index (χ2n) is 28.1. The molecule has 0 aliphatic carbocycles. The molecule has 0 aliphatic rings. The summed E-state index contributed by atoms with van der Waals surface area (Å²) in [6, 6.07) is -0.625. The molecule has 3 N–H and O–H groups in total. The third kappa shape index (κ3) is 73.4. The number of allylic oxidation sites excluding steroid dienone is 3. The van der Waals surface area contributed by atoms with Gasteiger partial charge in [-0.05, 0) is 57.8 Å².